The minimum absolute atomic E-state index is 0.00278. The van der Waals surface area contributed by atoms with Gasteiger partial charge in [-0.2, -0.15) is 0 Å². The molecule has 7 nitrogen and oxygen atoms in total. The van der Waals surface area contributed by atoms with Crippen molar-refractivity contribution in [2.75, 3.05) is 33.3 Å². The van der Waals surface area contributed by atoms with Crippen LogP contribution < -0.4 is 10.1 Å². The van der Waals surface area contributed by atoms with Gasteiger partial charge in [0.1, 0.15) is 11.8 Å². The van der Waals surface area contributed by atoms with Crippen molar-refractivity contribution in [1.29, 1.82) is 0 Å². The zero-order chi connectivity index (χ0) is 21.7. The number of hydrogen-bond donors (Lipinski definition) is 1. The van der Waals surface area contributed by atoms with E-state index in [4.69, 9.17) is 4.74 Å². The predicted molar refractivity (Wildman–Crippen MR) is 114 cm³/mol. The second-order valence-corrected chi connectivity index (χ2v) is 8.53. The van der Waals surface area contributed by atoms with Crippen LogP contribution >= 0.6 is 0 Å². The van der Waals surface area contributed by atoms with Gasteiger partial charge in [0, 0.05) is 37.7 Å². The summed E-state index contributed by atoms with van der Waals surface area (Å²) >= 11 is 0. The summed E-state index contributed by atoms with van der Waals surface area (Å²) in [6.45, 7) is 6.57. The maximum atomic E-state index is 13.2. The Morgan fingerprint density at radius 3 is 2.03 bits per heavy atom. The van der Waals surface area contributed by atoms with Crippen LogP contribution in [0, 0.1) is 11.8 Å². The Bertz CT molecular complexity index is 748. The van der Waals surface area contributed by atoms with Crippen molar-refractivity contribution in [1.82, 2.24) is 15.1 Å². The van der Waals surface area contributed by atoms with Gasteiger partial charge in [-0.05, 0) is 55.9 Å². The molecule has 164 valence electrons. The molecule has 0 radical (unpaired) electrons. The Morgan fingerprint density at radius 2 is 1.50 bits per heavy atom. The molecular weight excluding hydrogens is 382 g/mol. The number of carbonyl (C=O) groups is 3. The van der Waals surface area contributed by atoms with E-state index in [-0.39, 0.29) is 29.6 Å². The van der Waals surface area contributed by atoms with Gasteiger partial charge in [0.15, 0.2) is 0 Å². The van der Waals surface area contributed by atoms with Crippen LogP contribution in [0.4, 0.5) is 0 Å². The molecule has 1 N–H and O–H groups in total. The first kappa shape index (κ1) is 22.1. The number of nitrogens with one attached hydrogen (secondary N) is 1. The number of benzene rings is 1. The van der Waals surface area contributed by atoms with Crippen molar-refractivity contribution >= 4 is 17.7 Å². The maximum absolute atomic E-state index is 13.2. The number of nitrogens with zero attached hydrogens (tertiary/aromatic N) is 2. The van der Waals surface area contributed by atoms with Crippen molar-refractivity contribution in [2.45, 2.75) is 45.6 Å². The highest BCUT2D eigenvalue weighted by Gasteiger charge is 2.37. The lowest BCUT2D eigenvalue weighted by Crippen LogP contribution is -2.54. The van der Waals surface area contributed by atoms with Crippen LogP contribution in [0.2, 0.25) is 0 Å². The molecule has 0 unspecified atom stereocenters. The van der Waals surface area contributed by atoms with Gasteiger partial charge < -0.3 is 19.9 Å². The Hall–Kier alpha value is -2.57. The number of hydrogen-bond acceptors (Lipinski definition) is 4. The van der Waals surface area contributed by atoms with Crippen LogP contribution in [0.25, 0.3) is 0 Å². The van der Waals surface area contributed by atoms with E-state index in [1.165, 1.54) is 0 Å². The van der Waals surface area contributed by atoms with Crippen LogP contribution in [0.15, 0.2) is 24.3 Å². The van der Waals surface area contributed by atoms with Gasteiger partial charge in [-0.1, -0.05) is 13.8 Å². The molecule has 2 saturated heterocycles. The molecule has 0 bridgehead atoms. The highest BCUT2D eigenvalue weighted by Crippen LogP contribution is 2.25. The minimum Gasteiger partial charge on any atom is -0.497 e. The fourth-order valence-electron chi connectivity index (χ4n) is 4.30. The van der Waals surface area contributed by atoms with Crippen molar-refractivity contribution < 1.29 is 19.1 Å². The molecule has 2 aliphatic heterocycles. The largest absolute Gasteiger partial charge is 0.497 e. The highest BCUT2D eigenvalue weighted by atomic mass is 16.5. The maximum Gasteiger partial charge on any atom is 0.251 e. The molecule has 0 spiro atoms. The summed E-state index contributed by atoms with van der Waals surface area (Å²) in [5, 5.41) is 3.01. The van der Waals surface area contributed by atoms with E-state index >= 15 is 0 Å². The molecule has 1 atom stereocenters. The van der Waals surface area contributed by atoms with Crippen molar-refractivity contribution in [3.05, 3.63) is 29.8 Å². The van der Waals surface area contributed by atoms with Gasteiger partial charge in [0.25, 0.3) is 5.91 Å². The van der Waals surface area contributed by atoms with Gasteiger partial charge in [-0.25, -0.2) is 0 Å². The van der Waals surface area contributed by atoms with Crippen molar-refractivity contribution in [3.8, 4) is 5.75 Å². The molecule has 30 heavy (non-hydrogen) atoms. The van der Waals surface area contributed by atoms with Gasteiger partial charge >= 0.3 is 0 Å². The molecule has 2 fully saturated rings. The van der Waals surface area contributed by atoms with E-state index in [0.29, 0.717) is 37.2 Å². The molecule has 2 heterocycles. The second kappa shape index (κ2) is 9.96. The summed E-state index contributed by atoms with van der Waals surface area (Å²) in [5.74, 6) is 0.574. The number of carbonyl (C=O) groups excluding carboxylic acids is 3. The monoisotopic (exact) mass is 415 g/mol. The van der Waals surface area contributed by atoms with Crippen molar-refractivity contribution in [2.24, 2.45) is 11.8 Å². The van der Waals surface area contributed by atoms with E-state index in [1.807, 2.05) is 23.6 Å². The third-order valence-electron chi connectivity index (χ3n) is 6.14. The first-order valence-electron chi connectivity index (χ1n) is 10.9. The topological polar surface area (TPSA) is 79.0 Å². The standard InChI is InChI=1S/C23H33N3O4/c1-16(2)22(28)26-14-10-17(11-15-26)20(23(29)25-12-4-5-13-25)24-21(27)18-6-8-19(30-3)9-7-18/h6-9,16-17,20H,4-5,10-15H2,1-3H3,(H,24,27)/t20-/m0/s1. The van der Waals surface area contributed by atoms with E-state index in [2.05, 4.69) is 5.32 Å². The molecular formula is C23H33N3O4. The summed E-state index contributed by atoms with van der Waals surface area (Å²) in [5.41, 5.74) is 0.502. The smallest absolute Gasteiger partial charge is 0.251 e. The fraction of sp³-hybridized carbons (Fsp3) is 0.609. The number of piperidine rings is 1. The summed E-state index contributed by atoms with van der Waals surface area (Å²) in [6.07, 6.45) is 3.44. The number of rotatable bonds is 6. The fourth-order valence-corrected chi connectivity index (χ4v) is 4.30. The highest BCUT2D eigenvalue weighted by molar-refractivity contribution is 5.97. The Balaban J connectivity index is 1.71. The summed E-state index contributed by atoms with van der Waals surface area (Å²) in [4.78, 5) is 42.2. The summed E-state index contributed by atoms with van der Waals surface area (Å²) < 4.78 is 5.15. The van der Waals surface area contributed by atoms with Crippen LogP contribution in [-0.4, -0.2) is 66.9 Å². The quantitative estimate of drug-likeness (QED) is 0.773. The number of likely N-dealkylation sites (tertiary alicyclic amines) is 2. The Kier molecular flexibility index (Phi) is 7.34. The van der Waals surface area contributed by atoms with Gasteiger partial charge in [-0.3, -0.25) is 14.4 Å². The first-order valence-corrected chi connectivity index (χ1v) is 10.9. The molecule has 2 aliphatic rings. The molecule has 3 rings (SSSR count). The van der Waals surface area contributed by atoms with Gasteiger partial charge in [-0.15, -0.1) is 0 Å². The molecule has 1 aromatic carbocycles. The summed E-state index contributed by atoms with van der Waals surface area (Å²) in [7, 11) is 1.58. The van der Waals surface area contributed by atoms with Crippen LogP contribution in [0.3, 0.4) is 0 Å². The predicted octanol–water partition coefficient (Wildman–Crippen LogP) is 2.31. The number of methoxy groups -OCH3 is 1. The average Bonchev–Trinajstić information content (AvgIpc) is 3.31. The molecule has 3 amide bonds. The lowest BCUT2D eigenvalue weighted by molar-refractivity contribution is -0.137. The Labute approximate surface area is 178 Å². The third-order valence-corrected chi connectivity index (χ3v) is 6.14. The Morgan fingerprint density at radius 1 is 0.933 bits per heavy atom. The normalized spacial score (nSPS) is 18.4. The second-order valence-electron chi connectivity index (χ2n) is 8.53. The zero-order valence-electron chi connectivity index (χ0n) is 18.2. The van der Waals surface area contributed by atoms with Crippen molar-refractivity contribution in [3.63, 3.8) is 0 Å². The first-order chi connectivity index (χ1) is 14.4. The SMILES string of the molecule is COc1ccc(C(=O)N[C@H](C(=O)N2CCCC2)C2CCN(C(=O)C(C)C)CC2)cc1. The number of ether oxygens (including phenoxy) is 1. The van der Waals surface area contributed by atoms with E-state index < -0.39 is 6.04 Å². The summed E-state index contributed by atoms with van der Waals surface area (Å²) in [6, 6.07) is 6.32. The van der Waals surface area contributed by atoms with Gasteiger partial charge in [0.2, 0.25) is 11.8 Å². The van der Waals surface area contributed by atoms with Gasteiger partial charge in [0.05, 0.1) is 7.11 Å². The molecule has 1 aromatic rings. The minimum atomic E-state index is -0.561. The van der Waals surface area contributed by atoms with E-state index in [1.54, 1.807) is 31.4 Å². The lowest BCUT2D eigenvalue weighted by atomic mass is 9.87. The zero-order valence-corrected chi connectivity index (χ0v) is 18.2. The van der Waals surface area contributed by atoms with E-state index in [0.717, 1.165) is 25.9 Å². The van der Waals surface area contributed by atoms with Crippen LogP contribution in [0.5, 0.6) is 5.75 Å². The molecule has 7 heteroatoms. The molecule has 0 saturated carbocycles. The van der Waals surface area contributed by atoms with E-state index in [9.17, 15) is 14.4 Å². The number of amides is 3. The van der Waals surface area contributed by atoms with Crippen LogP contribution in [-0.2, 0) is 9.59 Å². The molecule has 0 aromatic heterocycles. The lowest BCUT2D eigenvalue weighted by Gasteiger charge is -2.37. The molecule has 0 aliphatic carbocycles. The van der Waals surface area contributed by atoms with Crippen LogP contribution in [0.1, 0.15) is 49.9 Å². The third kappa shape index (κ3) is 5.12. The average molecular weight is 416 g/mol.